The van der Waals surface area contributed by atoms with Gasteiger partial charge in [-0.2, -0.15) is 0 Å². The first kappa shape index (κ1) is 15.8. The minimum Gasteiger partial charge on any atom is -0.473 e. The lowest BCUT2D eigenvalue weighted by molar-refractivity contribution is -0.159. The van der Waals surface area contributed by atoms with Crippen LogP contribution >= 0.6 is 0 Å². The number of hydrogen-bond acceptors (Lipinski definition) is 6. The lowest BCUT2D eigenvalue weighted by atomic mass is 10.0. The number of carboxylic acids is 2. The summed E-state index contributed by atoms with van der Waals surface area (Å²) in [6.07, 6.45) is 0. The molecule has 0 radical (unpaired) electrons. The highest BCUT2D eigenvalue weighted by Crippen LogP contribution is 2.22. The molecule has 2 aliphatic heterocycles. The van der Waals surface area contributed by atoms with Crippen LogP contribution in [-0.4, -0.2) is 64.8 Å². The van der Waals surface area contributed by atoms with Crippen molar-refractivity contribution in [3.63, 3.8) is 0 Å². The summed E-state index contributed by atoms with van der Waals surface area (Å²) in [6.45, 7) is 8.23. The van der Waals surface area contributed by atoms with Crippen LogP contribution in [0.25, 0.3) is 0 Å². The van der Waals surface area contributed by atoms with Crippen molar-refractivity contribution in [3.8, 4) is 0 Å². The Hall–Kier alpha value is -2.22. The predicted molar refractivity (Wildman–Crippen MR) is 68.4 cm³/mol. The van der Waals surface area contributed by atoms with Crippen molar-refractivity contribution in [1.29, 1.82) is 0 Å². The summed E-state index contributed by atoms with van der Waals surface area (Å²) in [5, 5.41) is 18.8. The van der Waals surface area contributed by atoms with Crippen LogP contribution in [0.15, 0.2) is 17.3 Å². The number of aliphatic carboxylic acids is 2. The average molecular weight is 284 g/mol. The zero-order valence-electron chi connectivity index (χ0n) is 11.0. The smallest absolute Gasteiger partial charge is 0.414 e. The summed E-state index contributed by atoms with van der Waals surface area (Å²) in [6, 6.07) is 0. The second kappa shape index (κ2) is 6.80. The number of carbonyl (C=O) groups is 3. The van der Waals surface area contributed by atoms with E-state index in [4.69, 9.17) is 24.6 Å². The first-order valence-corrected chi connectivity index (χ1v) is 5.85. The van der Waals surface area contributed by atoms with Crippen molar-refractivity contribution in [2.75, 3.05) is 26.2 Å². The Kier molecular flexibility index (Phi) is 5.39. The van der Waals surface area contributed by atoms with Crippen LogP contribution in [0.3, 0.4) is 0 Å². The van der Waals surface area contributed by atoms with Crippen LogP contribution in [0.4, 0.5) is 0 Å². The molecule has 8 nitrogen and oxygen atoms in total. The van der Waals surface area contributed by atoms with Gasteiger partial charge in [-0.3, -0.25) is 9.69 Å². The van der Waals surface area contributed by atoms with Crippen LogP contribution < -0.4 is 0 Å². The van der Waals surface area contributed by atoms with Gasteiger partial charge in [0, 0.05) is 13.1 Å². The van der Waals surface area contributed by atoms with Crippen LogP contribution in [0.1, 0.15) is 6.92 Å². The van der Waals surface area contributed by atoms with Gasteiger partial charge < -0.3 is 15.1 Å². The maximum Gasteiger partial charge on any atom is 0.414 e. The largest absolute Gasteiger partial charge is 0.473 e. The van der Waals surface area contributed by atoms with Crippen LogP contribution in [-0.2, 0) is 19.2 Å². The van der Waals surface area contributed by atoms with E-state index in [2.05, 4.69) is 16.6 Å². The van der Waals surface area contributed by atoms with Crippen molar-refractivity contribution >= 4 is 23.4 Å². The third kappa shape index (κ3) is 4.47. The highest BCUT2D eigenvalue weighted by atomic mass is 16.6. The summed E-state index contributed by atoms with van der Waals surface area (Å²) in [5.74, 6) is -3.38. The molecular formula is C12H16N2O6. The standard InChI is InChI=1S/C10H14N2O2.C2H2O4/c1-7(2)6-14-11-9-4-12-3-8(9)10(13)5-12;3-1(4)2(5)6/h8H,1,3-6H2,2H3;(H,3,4)(H,5,6). The molecule has 2 heterocycles. The van der Waals surface area contributed by atoms with Crippen LogP contribution in [0.5, 0.6) is 0 Å². The molecule has 2 bridgehead atoms. The number of oxime groups is 1. The van der Waals surface area contributed by atoms with Gasteiger partial charge in [0.05, 0.1) is 18.2 Å². The molecule has 110 valence electrons. The lowest BCUT2D eigenvalue weighted by Crippen LogP contribution is -2.31. The number of rotatable bonds is 3. The molecule has 2 atom stereocenters. The van der Waals surface area contributed by atoms with Gasteiger partial charge in [0.15, 0.2) is 5.78 Å². The maximum absolute atomic E-state index is 11.3. The van der Waals surface area contributed by atoms with Crippen molar-refractivity contribution < 1.29 is 29.4 Å². The van der Waals surface area contributed by atoms with Gasteiger partial charge in [-0.25, -0.2) is 9.59 Å². The van der Waals surface area contributed by atoms with E-state index in [9.17, 15) is 4.79 Å². The first-order chi connectivity index (χ1) is 9.31. The molecule has 2 rings (SSSR count). The van der Waals surface area contributed by atoms with E-state index in [1.807, 2.05) is 6.92 Å². The van der Waals surface area contributed by atoms with E-state index in [-0.39, 0.29) is 11.7 Å². The van der Waals surface area contributed by atoms with Gasteiger partial charge in [-0.15, -0.1) is 0 Å². The lowest BCUT2D eigenvalue weighted by Gasteiger charge is -2.12. The Morgan fingerprint density at radius 2 is 2.00 bits per heavy atom. The molecule has 2 saturated heterocycles. The Bertz CT molecular complexity index is 459. The molecule has 20 heavy (non-hydrogen) atoms. The Labute approximate surface area is 115 Å². The molecule has 0 saturated carbocycles. The third-order valence-electron chi connectivity index (χ3n) is 2.67. The molecule has 0 amide bonds. The fourth-order valence-electron chi connectivity index (χ4n) is 1.82. The first-order valence-electron chi connectivity index (χ1n) is 5.85. The zero-order valence-corrected chi connectivity index (χ0v) is 11.0. The highest BCUT2D eigenvalue weighted by Gasteiger charge is 2.42. The number of ketones is 1. The molecular weight excluding hydrogens is 268 g/mol. The fraction of sp³-hybridized carbons (Fsp3) is 0.500. The summed E-state index contributed by atoms with van der Waals surface area (Å²) < 4.78 is 0. The normalized spacial score (nSPS) is 25.1. The molecule has 0 aromatic rings. The van der Waals surface area contributed by atoms with Gasteiger partial charge >= 0.3 is 11.9 Å². The number of piperidine rings is 1. The van der Waals surface area contributed by atoms with Crippen molar-refractivity contribution in [2.45, 2.75) is 6.92 Å². The second-order valence-electron chi connectivity index (χ2n) is 4.61. The number of Topliss-reactive ketones (excluding diaryl/α,β-unsaturated/α-hetero) is 1. The number of carboxylic acid groups (broad SMARTS) is 2. The molecule has 2 unspecified atom stereocenters. The van der Waals surface area contributed by atoms with E-state index in [1.54, 1.807) is 0 Å². The predicted octanol–water partition coefficient (Wildman–Crippen LogP) is -0.395. The summed E-state index contributed by atoms with van der Waals surface area (Å²) >= 11 is 0. The topological polar surface area (TPSA) is 117 Å². The van der Waals surface area contributed by atoms with Crippen molar-refractivity contribution in [3.05, 3.63) is 12.2 Å². The minimum absolute atomic E-state index is 0.000112. The van der Waals surface area contributed by atoms with Crippen LogP contribution in [0, 0.1) is 5.92 Å². The van der Waals surface area contributed by atoms with E-state index >= 15 is 0 Å². The van der Waals surface area contributed by atoms with E-state index < -0.39 is 11.9 Å². The highest BCUT2D eigenvalue weighted by molar-refractivity contribution is 6.27. The van der Waals surface area contributed by atoms with Gasteiger partial charge in [-0.1, -0.05) is 11.7 Å². The molecule has 8 heteroatoms. The zero-order chi connectivity index (χ0) is 15.3. The summed E-state index contributed by atoms with van der Waals surface area (Å²) in [7, 11) is 0. The molecule has 2 aliphatic rings. The van der Waals surface area contributed by atoms with Crippen molar-refractivity contribution in [1.82, 2.24) is 4.90 Å². The third-order valence-corrected chi connectivity index (χ3v) is 2.67. The van der Waals surface area contributed by atoms with Gasteiger partial charge in [0.25, 0.3) is 0 Å². The van der Waals surface area contributed by atoms with Gasteiger partial charge in [0.1, 0.15) is 6.61 Å². The second-order valence-corrected chi connectivity index (χ2v) is 4.61. The average Bonchev–Trinajstić information content (AvgIpc) is 2.87. The maximum atomic E-state index is 11.3. The monoisotopic (exact) mass is 284 g/mol. The van der Waals surface area contributed by atoms with E-state index in [1.165, 1.54) is 0 Å². The number of carbonyl (C=O) groups excluding carboxylic acids is 1. The van der Waals surface area contributed by atoms with Gasteiger partial charge in [0.2, 0.25) is 0 Å². The quantitative estimate of drug-likeness (QED) is 0.411. The summed E-state index contributed by atoms with van der Waals surface area (Å²) in [5.41, 5.74) is 1.81. The molecule has 0 aromatic carbocycles. The van der Waals surface area contributed by atoms with Crippen molar-refractivity contribution in [2.24, 2.45) is 11.1 Å². The summed E-state index contributed by atoms with van der Waals surface area (Å²) in [4.78, 5) is 36.7. The Morgan fingerprint density at radius 1 is 1.40 bits per heavy atom. The SMILES string of the molecule is C=C(C)CON=C1CN2CC(=O)C1C2.O=C(O)C(=O)O. The molecule has 0 aliphatic carbocycles. The Morgan fingerprint density at radius 3 is 2.40 bits per heavy atom. The Balaban J connectivity index is 0.000000286. The van der Waals surface area contributed by atoms with E-state index in [0.717, 1.165) is 24.4 Å². The van der Waals surface area contributed by atoms with E-state index in [0.29, 0.717) is 13.2 Å². The molecule has 2 N–H and O–H groups in total. The number of nitrogens with zero attached hydrogens (tertiary/aromatic N) is 2. The molecule has 2 fully saturated rings. The molecule has 0 spiro atoms. The minimum atomic E-state index is -1.82. The fourth-order valence-corrected chi connectivity index (χ4v) is 1.82. The number of hydrogen-bond donors (Lipinski definition) is 2. The number of fused-ring (bicyclic) bond motifs is 2. The van der Waals surface area contributed by atoms with Crippen LogP contribution in [0.2, 0.25) is 0 Å². The molecule has 0 aromatic heterocycles. The van der Waals surface area contributed by atoms with Gasteiger partial charge in [-0.05, 0) is 12.5 Å².